The third-order valence-corrected chi connectivity index (χ3v) is 6.94. The number of nitrogens with zero attached hydrogens (tertiary/aromatic N) is 2. The van der Waals surface area contributed by atoms with Crippen LogP contribution in [0.5, 0.6) is 0 Å². The third kappa shape index (κ3) is 6.81. The lowest BCUT2D eigenvalue weighted by atomic mass is 9.84. The maximum absolute atomic E-state index is 13.4. The number of carbonyl (C=O) groups is 2. The number of hydrogen-bond donors (Lipinski definition) is 2. The molecule has 8 heteroatoms. The second kappa shape index (κ2) is 12.4. The van der Waals surface area contributed by atoms with Gasteiger partial charge in [0.25, 0.3) is 5.91 Å². The van der Waals surface area contributed by atoms with Crippen molar-refractivity contribution in [1.29, 1.82) is 0 Å². The molecule has 2 aromatic rings. The molecule has 0 bridgehead atoms. The summed E-state index contributed by atoms with van der Waals surface area (Å²) in [5.74, 6) is -0.0135. The van der Waals surface area contributed by atoms with Gasteiger partial charge in [-0.3, -0.25) is 9.59 Å². The maximum atomic E-state index is 13.4. The van der Waals surface area contributed by atoms with Crippen molar-refractivity contribution in [3.63, 3.8) is 0 Å². The zero-order valence-corrected chi connectivity index (χ0v) is 21.6. The van der Waals surface area contributed by atoms with Crippen LogP contribution in [-0.2, 0) is 22.6 Å². The summed E-state index contributed by atoms with van der Waals surface area (Å²) in [4.78, 5) is 32.2. The van der Waals surface area contributed by atoms with E-state index in [1.807, 2.05) is 19.9 Å². The second-order valence-corrected chi connectivity index (χ2v) is 10.1. The number of ether oxygens (including phenoxy) is 1. The molecule has 37 heavy (non-hydrogen) atoms. The van der Waals surface area contributed by atoms with Crippen LogP contribution in [0.2, 0.25) is 0 Å². The highest BCUT2D eigenvalue weighted by atomic mass is 19.1. The third-order valence-electron chi connectivity index (χ3n) is 6.94. The summed E-state index contributed by atoms with van der Waals surface area (Å²) in [6.45, 7) is 4.95. The van der Waals surface area contributed by atoms with Crippen LogP contribution in [-0.4, -0.2) is 48.1 Å². The van der Waals surface area contributed by atoms with E-state index in [-0.39, 0.29) is 30.5 Å². The molecule has 0 saturated heterocycles. The molecule has 2 amide bonds. The molecule has 0 unspecified atom stereocenters. The fraction of sp³-hybridized carbons (Fsp3) is 0.483. The van der Waals surface area contributed by atoms with E-state index in [1.54, 1.807) is 0 Å². The molecular formula is C29H36FN3O4. The van der Waals surface area contributed by atoms with Crippen molar-refractivity contribution in [3.8, 4) is 0 Å². The van der Waals surface area contributed by atoms with Crippen molar-refractivity contribution in [2.24, 2.45) is 10.9 Å². The van der Waals surface area contributed by atoms with Crippen LogP contribution in [0.3, 0.4) is 0 Å². The lowest BCUT2D eigenvalue weighted by Crippen LogP contribution is -2.44. The lowest BCUT2D eigenvalue weighted by molar-refractivity contribution is -0.126. The Kier molecular flexibility index (Phi) is 9.05. The van der Waals surface area contributed by atoms with E-state index in [0.717, 1.165) is 42.5 Å². The first-order chi connectivity index (χ1) is 17.9. The number of aliphatic hydroxyl groups is 1. The van der Waals surface area contributed by atoms with Gasteiger partial charge in [0, 0.05) is 48.9 Å². The molecule has 0 aromatic heterocycles. The Morgan fingerprint density at radius 1 is 1.14 bits per heavy atom. The Morgan fingerprint density at radius 3 is 2.54 bits per heavy atom. The SMILES string of the molecule is CC(C)NC(=O)C1CCC(N2C(=NC(=O)c3ccc(F)cc3)Cc3ccc(COCCCO)cc32)CC1. The first kappa shape index (κ1) is 26.9. The molecule has 0 atom stereocenters. The normalized spacial score (nSPS) is 20.4. The summed E-state index contributed by atoms with van der Waals surface area (Å²) in [5.41, 5.74) is 3.46. The average Bonchev–Trinajstić information content (AvgIpc) is 3.23. The minimum Gasteiger partial charge on any atom is -0.396 e. The van der Waals surface area contributed by atoms with Crippen molar-refractivity contribution in [1.82, 2.24) is 5.32 Å². The van der Waals surface area contributed by atoms with Gasteiger partial charge in [-0.05, 0) is 87.4 Å². The first-order valence-corrected chi connectivity index (χ1v) is 13.1. The van der Waals surface area contributed by atoms with Crippen molar-refractivity contribution in [2.75, 3.05) is 18.1 Å². The fourth-order valence-electron chi connectivity index (χ4n) is 5.10. The number of nitrogens with one attached hydrogen (secondary N) is 1. The predicted octanol–water partition coefficient (Wildman–Crippen LogP) is 4.41. The lowest BCUT2D eigenvalue weighted by Gasteiger charge is -2.36. The van der Waals surface area contributed by atoms with Gasteiger partial charge >= 0.3 is 0 Å². The number of fused-ring (bicyclic) bond motifs is 1. The number of carbonyl (C=O) groups excluding carboxylic acids is 2. The summed E-state index contributed by atoms with van der Waals surface area (Å²) >= 11 is 0. The predicted molar refractivity (Wildman–Crippen MR) is 141 cm³/mol. The number of halogens is 1. The molecule has 0 spiro atoms. The van der Waals surface area contributed by atoms with Crippen LogP contribution in [0.4, 0.5) is 10.1 Å². The molecule has 0 radical (unpaired) electrons. The van der Waals surface area contributed by atoms with E-state index in [2.05, 4.69) is 27.3 Å². The zero-order valence-electron chi connectivity index (χ0n) is 21.6. The van der Waals surface area contributed by atoms with Gasteiger partial charge in [-0.15, -0.1) is 0 Å². The van der Waals surface area contributed by atoms with Crippen LogP contribution < -0.4 is 10.2 Å². The molecular weight excluding hydrogens is 473 g/mol. The Morgan fingerprint density at radius 2 is 1.86 bits per heavy atom. The standard InChI is InChI=1S/C29H36FN3O4/c1-19(2)31-28(35)22-8-12-25(13-9-22)33-26-16-20(18-37-15-3-14-34)4-5-23(26)17-27(33)32-29(36)21-6-10-24(30)11-7-21/h4-7,10-11,16,19,22,25,34H,3,8-9,12-15,17-18H2,1-2H3,(H,31,35). The van der Waals surface area contributed by atoms with Gasteiger partial charge in [-0.1, -0.05) is 12.1 Å². The summed E-state index contributed by atoms with van der Waals surface area (Å²) in [6, 6.07) is 11.8. The number of amidine groups is 1. The number of rotatable bonds is 9. The van der Waals surface area contributed by atoms with E-state index in [4.69, 9.17) is 9.84 Å². The van der Waals surface area contributed by atoms with E-state index < -0.39 is 11.7 Å². The van der Waals surface area contributed by atoms with E-state index in [9.17, 15) is 14.0 Å². The van der Waals surface area contributed by atoms with Gasteiger partial charge in [-0.2, -0.15) is 4.99 Å². The molecule has 1 aliphatic heterocycles. The van der Waals surface area contributed by atoms with Gasteiger partial charge in [-0.25, -0.2) is 4.39 Å². The molecule has 1 heterocycles. The highest BCUT2D eigenvalue weighted by molar-refractivity contribution is 6.12. The molecule has 1 aliphatic carbocycles. The molecule has 2 aromatic carbocycles. The summed E-state index contributed by atoms with van der Waals surface area (Å²) in [7, 11) is 0. The molecule has 2 N–H and O–H groups in total. The number of amides is 2. The highest BCUT2D eigenvalue weighted by Crippen LogP contribution is 2.38. The van der Waals surface area contributed by atoms with E-state index >= 15 is 0 Å². The number of benzene rings is 2. The van der Waals surface area contributed by atoms with Gasteiger partial charge in [0.2, 0.25) is 5.91 Å². The Bertz CT molecular complexity index is 1120. The van der Waals surface area contributed by atoms with Crippen LogP contribution >= 0.6 is 0 Å². The van der Waals surface area contributed by atoms with Crippen molar-refractivity contribution < 1.29 is 23.8 Å². The minimum atomic E-state index is -0.398. The van der Waals surface area contributed by atoms with Crippen LogP contribution in [0.25, 0.3) is 0 Å². The largest absolute Gasteiger partial charge is 0.396 e. The average molecular weight is 510 g/mol. The summed E-state index contributed by atoms with van der Waals surface area (Å²) in [6.07, 6.45) is 4.30. The molecule has 198 valence electrons. The van der Waals surface area contributed by atoms with Crippen molar-refractivity contribution >= 4 is 23.3 Å². The van der Waals surface area contributed by atoms with Gasteiger partial charge in [0.15, 0.2) is 0 Å². The van der Waals surface area contributed by atoms with Gasteiger partial charge < -0.3 is 20.1 Å². The Hall–Kier alpha value is -3.10. The molecule has 1 saturated carbocycles. The smallest absolute Gasteiger partial charge is 0.278 e. The molecule has 4 rings (SSSR count). The minimum absolute atomic E-state index is 0.00628. The van der Waals surface area contributed by atoms with Crippen molar-refractivity contribution in [2.45, 2.75) is 71.1 Å². The Balaban J connectivity index is 1.57. The number of aliphatic hydroxyl groups excluding tert-OH is 1. The van der Waals surface area contributed by atoms with E-state index in [0.29, 0.717) is 37.5 Å². The van der Waals surface area contributed by atoms with Gasteiger partial charge in [0.05, 0.1) is 6.61 Å². The topological polar surface area (TPSA) is 91.2 Å². The summed E-state index contributed by atoms with van der Waals surface area (Å²) < 4.78 is 19.1. The fourth-order valence-corrected chi connectivity index (χ4v) is 5.10. The molecule has 2 aliphatic rings. The van der Waals surface area contributed by atoms with Gasteiger partial charge in [0.1, 0.15) is 11.7 Å². The second-order valence-electron chi connectivity index (χ2n) is 10.1. The first-order valence-electron chi connectivity index (χ1n) is 13.1. The molecule has 1 fully saturated rings. The number of anilines is 1. The summed E-state index contributed by atoms with van der Waals surface area (Å²) in [5, 5.41) is 12.0. The number of hydrogen-bond acceptors (Lipinski definition) is 4. The Labute approximate surface area is 217 Å². The van der Waals surface area contributed by atoms with Crippen LogP contribution in [0, 0.1) is 11.7 Å². The molecule has 7 nitrogen and oxygen atoms in total. The monoisotopic (exact) mass is 509 g/mol. The maximum Gasteiger partial charge on any atom is 0.278 e. The number of aliphatic imine (C=N–C) groups is 1. The highest BCUT2D eigenvalue weighted by Gasteiger charge is 2.36. The van der Waals surface area contributed by atoms with E-state index in [1.165, 1.54) is 24.3 Å². The van der Waals surface area contributed by atoms with Crippen LogP contribution in [0.1, 0.15) is 67.4 Å². The quantitative estimate of drug-likeness (QED) is 0.489. The van der Waals surface area contributed by atoms with Crippen LogP contribution in [0.15, 0.2) is 47.5 Å². The zero-order chi connectivity index (χ0) is 26.4. The van der Waals surface area contributed by atoms with Crippen molar-refractivity contribution in [3.05, 3.63) is 65.0 Å².